The molecule has 2 atom stereocenters. The Bertz CT molecular complexity index is 389. The van der Waals surface area contributed by atoms with E-state index in [9.17, 15) is 9.59 Å². The topological polar surface area (TPSA) is 58.2 Å². The Morgan fingerprint density at radius 1 is 1.62 bits per heavy atom. The minimum absolute atomic E-state index is 0.154. The van der Waals surface area contributed by atoms with Crippen molar-refractivity contribution in [3.05, 3.63) is 22.4 Å². The lowest BCUT2D eigenvalue weighted by Gasteiger charge is -2.18. The van der Waals surface area contributed by atoms with Crippen molar-refractivity contribution in [1.82, 2.24) is 10.6 Å². The van der Waals surface area contributed by atoms with E-state index in [-0.39, 0.29) is 30.3 Å². The summed E-state index contributed by atoms with van der Waals surface area (Å²) in [5.74, 6) is -0.400. The van der Waals surface area contributed by atoms with Crippen LogP contribution in [0.2, 0.25) is 0 Å². The van der Waals surface area contributed by atoms with Gasteiger partial charge in [-0.05, 0) is 17.9 Å². The van der Waals surface area contributed by atoms with Gasteiger partial charge in [0.15, 0.2) is 0 Å². The fourth-order valence-corrected chi connectivity index (χ4v) is 2.69. The highest BCUT2D eigenvalue weighted by atomic mass is 32.1. The standard InChI is InChI=1S/C11H14N2O2S/c1-2-7(9-4-3-5-16-9)12-8-6-10(14)13-11(8)15/h3-5,7-8,12H,2,6H2,1H3,(H,13,14,15). The van der Waals surface area contributed by atoms with Crippen LogP contribution in [0.1, 0.15) is 30.7 Å². The molecule has 1 fully saturated rings. The van der Waals surface area contributed by atoms with E-state index in [1.807, 2.05) is 17.5 Å². The van der Waals surface area contributed by atoms with Crippen molar-refractivity contribution in [3.8, 4) is 0 Å². The molecule has 2 N–H and O–H groups in total. The van der Waals surface area contributed by atoms with Crippen LogP contribution in [0.5, 0.6) is 0 Å². The average molecular weight is 238 g/mol. The molecule has 0 saturated carbocycles. The van der Waals surface area contributed by atoms with E-state index in [0.717, 1.165) is 6.42 Å². The van der Waals surface area contributed by atoms with Crippen LogP contribution >= 0.6 is 11.3 Å². The number of nitrogens with one attached hydrogen (secondary N) is 2. The SMILES string of the molecule is CCC(NC1CC(=O)NC1=O)c1cccs1. The number of amides is 2. The average Bonchev–Trinajstić information content (AvgIpc) is 2.85. The molecule has 2 heterocycles. The first-order valence-electron chi connectivity index (χ1n) is 5.34. The summed E-state index contributed by atoms with van der Waals surface area (Å²) in [5.41, 5.74) is 0. The van der Waals surface area contributed by atoms with Gasteiger partial charge in [0, 0.05) is 10.9 Å². The number of rotatable bonds is 4. The van der Waals surface area contributed by atoms with E-state index in [2.05, 4.69) is 17.6 Å². The molecular formula is C11H14N2O2S. The van der Waals surface area contributed by atoms with Gasteiger partial charge in [0.2, 0.25) is 11.8 Å². The van der Waals surface area contributed by atoms with Crippen LogP contribution in [0.15, 0.2) is 17.5 Å². The van der Waals surface area contributed by atoms with Crippen LogP contribution in [0, 0.1) is 0 Å². The van der Waals surface area contributed by atoms with Gasteiger partial charge in [-0.25, -0.2) is 0 Å². The summed E-state index contributed by atoms with van der Waals surface area (Å²) in [6.07, 6.45) is 1.15. The van der Waals surface area contributed by atoms with E-state index in [1.165, 1.54) is 4.88 Å². The molecule has 2 amide bonds. The second kappa shape index (κ2) is 4.76. The van der Waals surface area contributed by atoms with E-state index < -0.39 is 0 Å². The molecule has 1 aromatic heterocycles. The maximum Gasteiger partial charge on any atom is 0.244 e. The van der Waals surface area contributed by atoms with Crippen LogP contribution in [0.4, 0.5) is 0 Å². The third-order valence-corrected chi connectivity index (χ3v) is 3.65. The van der Waals surface area contributed by atoms with Gasteiger partial charge >= 0.3 is 0 Å². The zero-order valence-corrected chi connectivity index (χ0v) is 9.84. The van der Waals surface area contributed by atoms with E-state index >= 15 is 0 Å². The Morgan fingerprint density at radius 3 is 2.94 bits per heavy atom. The third kappa shape index (κ3) is 2.31. The van der Waals surface area contributed by atoms with E-state index in [4.69, 9.17) is 0 Å². The predicted molar refractivity (Wildman–Crippen MR) is 62.0 cm³/mol. The Morgan fingerprint density at radius 2 is 2.44 bits per heavy atom. The molecule has 16 heavy (non-hydrogen) atoms. The van der Waals surface area contributed by atoms with Crippen LogP contribution in [0.25, 0.3) is 0 Å². The zero-order chi connectivity index (χ0) is 11.5. The third-order valence-electron chi connectivity index (χ3n) is 2.67. The van der Waals surface area contributed by atoms with Gasteiger partial charge in [-0.15, -0.1) is 11.3 Å². The van der Waals surface area contributed by atoms with Crippen molar-refractivity contribution in [2.24, 2.45) is 0 Å². The minimum Gasteiger partial charge on any atom is -0.298 e. The monoisotopic (exact) mass is 238 g/mol. The number of thiophene rings is 1. The maximum absolute atomic E-state index is 11.4. The summed E-state index contributed by atoms with van der Waals surface area (Å²) in [4.78, 5) is 23.7. The Labute approximate surface area is 98.0 Å². The molecule has 0 spiro atoms. The van der Waals surface area contributed by atoms with Crippen molar-refractivity contribution in [2.45, 2.75) is 31.8 Å². The van der Waals surface area contributed by atoms with Crippen molar-refractivity contribution < 1.29 is 9.59 Å². The minimum atomic E-state index is -0.375. The Kier molecular flexibility index (Phi) is 3.36. The highest BCUT2D eigenvalue weighted by Gasteiger charge is 2.32. The van der Waals surface area contributed by atoms with Crippen LogP contribution in [-0.4, -0.2) is 17.9 Å². The summed E-state index contributed by atoms with van der Waals surface area (Å²) in [6, 6.07) is 3.81. The van der Waals surface area contributed by atoms with Gasteiger partial charge in [-0.3, -0.25) is 20.2 Å². The van der Waals surface area contributed by atoms with Gasteiger partial charge in [0.1, 0.15) is 0 Å². The first kappa shape index (κ1) is 11.3. The molecule has 4 nitrogen and oxygen atoms in total. The molecule has 1 saturated heterocycles. The molecule has 5 heteroatoms. The Hall–Kier alpha value is -1.20. The summed E-state index contributed by atoms with van der Waals surface area (Å²) in [7, 11) is 0. The first-order valence-corrected chi connectivity index (χ1v) is 6.21. The largest absolute Gasteiger partial charge is 0.298 e. The molecule has 1 aromatic rings. The summed E-state index contributed by atoms with van der Waals surface area (Å²) >= 11 is 1.66. The Balaban J connectivity index is 2.02. The molecule has 86 valence electrons. The summed E-state index contributed by atoms with van der Waals surface area (Å²) in [6.45, 7) is 2.06. The van der Waals surface area contributed by atoms with Gasteiger partial charge in [-0.1, -0.05) is 13.0 Å². The molecule has 0 radical (unpaired) electrons. The van der Waals surface area contributed by atoms with Crippen molar-refractivity contribution in [3.63, 3.8) is 0 Å². The fourth-order valence-electron chi connectivity index (χ4n) is 1.82. The van der Waals surface area contributed by atoms with Crippen molar-refractivity contribution >= 4 is 23.2 Å². The number of imide groups is 1. The lowest BCUT2D eigenvalue weighted by Crippen LogP contribution is -2.38. The molecule has 0 aromatic carbocycles. The number of hydrogen-bond donors (Lipinski definition) is 2. The first-order chi connectivity index (χ1) is 7.70. The van der Waals surface area contributed by atoms with E-state index in [0.29, 0.717) is 0 Å². The van der Waals surface area contributed by atoms with Crippen molar-refractivity contribution in [2.75, 3.05) is 0 Å². The molecule has 2 rings (SSSR count). The number of hydrogen-bond acceptors (Lipinski definition) is 4. The second-order valence-electron chi connectivity index (χ2n) is 3.81. The quantitative estimate of drug-likeness (QED) is 0.775. The van der Waals surface area contributed by atoms with Crippen LogP contribution in [-0.2, 0) is 9.59 Å². The lowest BCUT2D eigenvalue weighted by molar-refractivity contribution is -0.125. The van der Waals surface area contributed by atoms with Gasteiger partial charge in [0.05, 0.1) is 12.5 Å². The second-order valence-corrected chi connectivity index (χ2v) is 4.79. The summed E-state index contributed by atoms with van der Waals surface area (Å²) in [5, 5.41) is 7.54. The molecule has 1 aliphatic rings. The zero-order valence-electron chi connectivity index (χ0n) is 9.03. The van der Waals surface area contributed by atoms with E-state index in [1.54, 1.807) is 11.3 Å². The molecule has 1 aliphatic heterocycles. The van der Waals surface area contributed by atoms with Crippen LogP contribution in [0.3, 0.4) is 0 Å². The number of carbonyl (C=O) groups excluding carboxylic acids is 2. The smallest absolute Gasteiger partial charge is 0.244 e. The summed E-state index contributed by atoms with van der Waals surface area (Å²) < 4.78 is 0. The highest BCUT2D eigenvalue weighted by molar-refractivity contribution is 7.10. The normalized spacial score (nSPS) is 22.2. The van der Waals surface area contributed by atoms with Gasteiger partial charge < -0.3 is 0 Å². The van der Waals surface area contributed by atoms with Crippen molar-refractivity contribution in [1.29, 1.82) is 0 Å². The maximum atomic E-state index is 11.4. The molecular weight excluding hydrogens is 224 g/mol. The fraction of sp³-hybridized carbons (Fsp3) is 0.455. The van der Waals surface area contributed by atoms with Crippen LogP contribution < -0.4 is 10.6 Å². The predicted octanol–water partition coefficient (Wildman–Crippen LogP) is 1.20. The molecule has 0 aliphatic carbocycles. The lowest BCUT2D eigenvalue weighted by atomic mass is 10.1. The highest BCUT2D eigenvalue weighted by Crippen LogP contribution is 2.23. The van der Waals surface area contributed by atoms with Gasteiger partial charge in [0.25, 0.3) is 0 Å². The molecule has 2 unspecified atom stereocenters. The van der Waals surface area contributed by atoms with Gasteiger partial charge in [-0.2, -0.15) is 0 Å². The number of carbonyl (C=O) groups is 2. The molecule has 0 bridgehead atoms.